The Morgan fingerprint density at radius 2 is 1.81 bits per heavy atom. The number of rotatable bonds is 4. The molecule has 0 aliphatic carbocycles. The minimum Gasteiger partial charge on any atom is -0.398 e. The number of hydrogen-bond donors (Lipinski definition) is 2. The molecule has 1 aliphatic rings. The SMILES string of the molecule is NCc1cccc(CCN2CCCC2)c1N. The second kappa shape index (κ2) is 5.32. The number of benzene rings is 1. The molecule has 1 aromatic rings. The van der Waals surface area contributed by atoms with E-state index in [1.165, 1.54) is 31.5 Å². The van der Waals surface area contributed by atoms with Crippen molar-refractivity contribution in [3.63, 3.8) is 0 Å². The molecule has 0 unspecified atom stereocenters. The summed E-state index contributed by atoms with van der Waals surface area (Å²) in [4.78, 5) is 2.51. The second-order valence-electron chi connectivity index (χ2n) is 4.49. The lowest BCUT2D eigenvalue weighted by Gasteiger charge is -2.16. The molecule has 0 spiro atoms. The molecule has 2 rings (SSSR count). The van der Waals surface area contributed by atoms with E-state index in [-0.39, 0.29) is 0 Å². The molecule has 3 nitrogen and oxygen atoms in total. The van der Waals surface area contributed by atoms with Gasteiger partial charge in [0, 0.05) is 18.8 Å². The Balaban J connectivity index is 1.97. The Kier molecular flexibility index (Phi) is 3.80. The van der Waals surface area contributed by atoms with Gasteiger partial charge in [0.25, 0.3) is 0 Å². The molecule has 0 atom stereocenters. The number of anilines is 1. The van der Waals surface area contributed by atoms with E-state index in [1.54, 1.807) is 0 Å². The highest BCUT2D eigenvalue weighted by molar-refractivity contribution is 5.53. The molecule has 1 fully saturated rings. The van der Waals surface area contributed by atoms with Gasteiger partial charge in [-0.3, -0.25) is 0 Å². The smallest absolute Gasteiger partial charge is 0.0392 e. The zero-order valence-electron chi connectivity index (χ0n) is 9.78. The van der Waals surface area contributed by atoms with Crippen LogP contribution in [0, 0.1) is 0 Å². The summed E-state index contributed by atoms with van der Waals surface area (Å²) in [6.45, 7) is 4.15. The Labute approximate surface area is 97.4 Å². The molecule has 0 aromatic heterocycles. The summed E-state index contributed by atoms with van der Waals surface area (Å²) < 4.78 is 0. The van der Waals surface area contributed by atoms with E-state index < -0.39 is 0 Å². The standard InChI is InChI=1S/C13H21N3/c14-10-12-5-3-4-11(13(12)15)6-9-16-7-1-2-8-16/h3-5H,1-2,6-10,14-15H2. The van der Waals surface area contributed by atoms with Crippen LogP contribution in [0.4, 0.5) is 5.69 Å². The van der Waals surface area contributed by atoms with Gasteiger partial charge in [0.15, 0.2) is 0 Å². The largest absolute Gasteiger partial charge is 0.398 e. The maximum atomic E-state index is 6.08. The van der Waals surface area contributed by atoms with Crippen LogP contribution in [-0.2, 0) is 13.0 Å². The highest BCUT2D eigenvalue weighted by atomic mass is 15.1. The van der Waals surface area contributed by atoms with E-state index in [0.29, 0.717) is 6.54 Å². The molecule has 0 radical (unpaired) electrons. The lowest BCUT2D eigenvalue weighted by atomic mass is 10.0. The number of hydrogen-bond acceptors (Lipinski definition) is 3. The van der Waals surface area contributed by atoms with Gasteiger partial charge in [0.1, 0.15) is 0 Å². The molecule has 4 N–H and O–H groups in total. The van der Waals surface area contributed by atoms with Crippen molar-refractivity contribution in [2.75, 3.05) is 25.4 Å². The number of likely N-dealkylation sites (tertiary alicyclic amines) is 1. The first kappa shape index (κ1) is 11.4. The van der Waals surface area contributed by atoms with Gasteiger partial charge >= 0.3 is 0 Å². The molecule has 1 heterocycles. The van der Waals surface area contributed by atoms with E-state index in [4.69, 9.17) is 11.5 Å². The van der Waals surface area contributed by atoms with Gasteiger partial charge in [0.05, 0.1) is 0 Å². The lowest BCUT2D eigenvalue weighted by molar-refractivity contribution is 0.343. The van der Waals surface area contributed by atoms with Crippen molar-refractivity contribution in [3.05, 3.63) is 29.3 Å². The molecule has 0 saturated carbocycles. The fourth-order valence-electron chi connectivity index (χ4n) is 2.35. The molecule has 3 heteroatoms. The normalized spacial score (nSPS) is 16.8. The first-order chi connectivity index (χ1) is 7.81. The fourth-order valence-corrected chi connectivity index (χ4v) is 2.35. The topological polar surface area (TPSA) is 55.3 Å². The fraction of sp³-hybridized carbons (Fsp3) is 0.538. The van der Waals surface area contributed by atoms with E-state index in [1.807, 2.05) is 6.07 Å². The summed E-state index contributed by atoms with van der Waals surface area (Å²) in [5, 5.41) is 0. The first-order valence-corrected chi connectivity index (χ1v) is 6.10. The van der Waals surface area contributed by atoms with Crippen LogP contribution in [0.15, 0.2) is 18.2 Å². The third-order valence-corrected chi connectivity index (χ3v) is 3.40. The van der Waals surface area contributed by atoms with Gasteiger partial charge < -0.3 is 16.4 Å². The summed E-state index contributed by atoms with van der Waals surface area (Å²) in [5.74, 6) is 0. The number of nitrogens with zero attached hydrogens (tertiary/aromatic N) is 1. The third kappa shape index (κ3) is 2.54. The van der Waals surface area contributed by atoms with Crippen LogP contribution in [0.3, 0.4) is 0 Å². The van der Waals surface area contributed by atoms with Gasteiger partial charge in [-0.1, -0.05) is 18.2 Å². The lowest BCUT2D eigenvalue weighted by Crippen LogP contribution is -2.22. The van der Waals surface area contributed by atoms with Crippen molar-refractivity contribution in [2.45, 2.75) is 25.8 Å². The van der Waals surface area contributed by atoms with Crippen molar-refractivity contribution in [2.24, 2.45) is 5.73 Å². The minimum atomic E-state index is 0.531. The maximum absolute atomic E-state index is 6.08. The molecule has 88 valence electrons. The third-order valence-electron chi connectivity index (χ3n) is 3.40. The zero-order valence-corrected chi connectivity index (χ0v) is 9.78. The average molecular weight is 219 g/mol. The molecule has 16 heavy (non-hydrogen) atoms. The molecule has 1 saturated heterocycles. The van der Waals surface area contributed by atoms with Crippen LogP contribution in [0.2, 0.25) is 0 Å². The summed E-state index contributed by atoms with van der Waals surface area (Å²) in [6, 6.07) is 6.18. The monoisotopic (exact) mass is 219 g/mol. The highest BCUT2D eigenvalue weighted by Crippen LogP contribution is 2.18. The van der Waals surface area contributed by atoms with Crippen LogP contribution in [0.5, 0.6) is 0 Å². The van der Waals surface area contributed by atoms with E-state index in [0.717, 1.165) is 24.2 Å². The Bertz CT molecular complexity index is 343. The van der Waals surface area contributed by atoms with Crippen LogP contribution in [-0.4, -0.2) is 24.5 Å². The van der Waals surface area contributed by atoms with Crippen LogP contribution < -0.4 is 11.5 Å². The van der Waals surface area contributed by atoms with Gasteiger partial charge in [0.2, 0.25) is 0 Å². The second-order valence-corrected chi connectivity index (χ2v) is 4.49. The van der Waals surface area contributed by atoms with Crippen molar-refractivity contribution in [1.82, 2.24) is 4.90 Å². The van der Waals surface area contributed by atoms with Crippen molar-refractivity contribution >= 4 is 5.69 Å². The minimum absolute atomic E-state index is 0.531. The van der Waals surface area contributed by atoms with Crippen molar-refractivity contribution < 1.29 is 0 Å². The quantitative estimate of drug-likeness (QED) is 0.752. The highest BCUT2D eigenvalue weighted by Gasteiger charge is 2.12. The van der Waals surface area contributed by atoms with Gasteiger partial charge in [-0.2, -0.15) is 0 Å². The molecule has 1 aromatic carbocycles. The molecule has 0 amide bonds. The summed E-state index contributed by atoms with van der Waals surface area (Å²) in [7, 11) is 0. The molecule has 1 aliphatic heterocycles. The Hall–Kier alpha value is -1.06. The molecular formula is C13H21N3. The summed E-state index contributed by atoms with van der Waals surface area (Å²) >= 11 is 0. The van der Waals surface area contributed by atoms with Gasteiger partial charge in [-0.05, 0) is 43.5 Å². The van der Waals surface area contributed by atoms with Crippen molar-refractivity contribution in [1.29, 1.82) is 0 Å². The molecular weight excluding hydrogens is 198 g/mol. The number of para-hydroxylation sites is 1. The molecule has 0 bridgehead atoms. The summed E-state index contributed by atoms with van der Waals surface area (Å²) in [6.07, 6.45) is 3.73. The van der Waals surface area contributed by atoms with E-state index in [2.05, 4.69) is 17.0 Å². The summed E-state index contributed by atoms with van der Waals surface area (Å²) in [5.41, 5.74) is 14.9. The van der Waals surface area contributed by atoms with Crippen LogP contribution in [0.25, 0.3) is 0 Å². The van der Waals surface area contributed by atoms with Crippen LogP contribution in [0.1, 0.15) is 24.0 Å². The first-order valence-electron chi connectivity index (χ1n) is 6.10. The Morgan fingerprint density at radius 3 is 2.50 bits per heavy atom. The van der Waals surface area contributed by atoms with E-state index in [9.17, 15) is 0 Å². The number of nitrogens with two attached hydrogens (primary N) is 2. The zero-order chi connectivity index (χ0) is 11.4. The van der Waals surface area contributed by atoms with Crippen LogP contribution >= 0.6 is 0 Å². The predicted molar refractivity (Wildman–Crippen MR) is 68.1 cm³/mol. The average Bonchev–Trinajstić information content (AvgIpc) is 2.81. The Morgan fingerprint density at radius 1 is 1.12 bits per heavy atom. The van der Waals surface area contributed by atoms with Gasteiger partial charge in [-0.25, -0.2) is 0 Å². The van der Waals surface area contributed by atoms with Gasteiger partial charge in [-0.15, -0.1) is 0 Å². The number of nitrogen functional groups attached to an aromatic ring is 1. The predicted octanol–water partition coefficient (Wildman–Crippen LogP) is 1.37. The van der Waals surface area contributed by atoms with Crippen molar-refractivity contribution in [3.8, 4) is 0 Å². The van der Waals surface area contributed by atoms with E-state index >= 15 is 0 Å². The maximum Gasteiger partial charge on any atom is 0.0392 e.